The largest absolute Gasteiger partial charge is 0.485 e. The predicted molar refractivity (Wildman–Crippen MR) is 120 cm³/mol. The van der Waals surface area contributed by atoms with Crippen molar-refractivity contribution >= 4 is 33.2 Å². The highest BCUT2D eigenvalue weighted by atomic mass is 32.2. The molecule has 1 N–H and O–H groups in total. The second-order valence-electron chi connectivity index (χ2n) is 7.66. The molecule has 2 aliphatic rings. The first kappa shape index (κ1) is 22.6. The van der Waals surface area contributed by atoms with Crippen LogP contribution < -0.4 is 14.2 Å². The van der Waals surface area contributed by atoms with Gasteiger partial charge in [-0.25, -0.2) is 13.1 Å². The van der Waals surface area contributed by atoms with Crippen LogP contribution in [0.25, 0.3) is 0 Å². The molecule has 0 unspecified atom stereocenters. The van der Waals surface area contributed by atoms with Crippen molar-refractivity contribution in [1.82, 2.24) is 14.5 Å². The number of amides is 2. The molecule has 1 atom stereocenters. The third kappa shape index (κ3) is 5.40. The fraction of sp³-hybridized carbons (Fsp3) is 0.429. The molecule has 4 rings (SSSR count). The fourth-order valence-electron chi connectivity index (χ4n) is 3.62. The van der Waals surface area contributed by atoms with Crippen LogP contribution in [0.5, 0.6) is 11.5 Å². The molecular formula is C21H25N3O6S2. The normalized spacial score (nSPS) is 18.5. The molecule has 0 aliphatic carbocycles. The summed E-state index contributed by atoms with van der Waals surface area (Å²) in [6, 6.07) is 10.9. The van der Waals surface area contributed by atoms with Crippen LogP contribution in [-0.4, -0.2) is 81.7 Å². The number of nitrogens with zero attached hydrogens (tertiary/aromatic N) is 2. The molecular weight excluding hydrogens is 454 g/mol. The number of carbonyl (C=O) groups is 2. The van der Waals surface area contributed by atoms with Crippen LogP contribution in [0.4, 0.5) is 0 Å². The van der Waals surface area contributed by atoms with E-state index in [2.05, 4.69) is 4.72 Å². The van der Waals surface area contributed by atoms with E-state index < -0.39 is 16.1 Å². The van der Waals surface area contributed by atoms with Crippen molar-refractivity contribution < 1.29 is 27.5 Å². The van der Waals surface area contributed by atoms with Crippen molar-refractivity contribution in [2.24, 2.45) is 0 Å². The Morgan fingerprint density at radius 2 is 1.75 bits per heavy atom. The van der Waals surface area contributed by atoms with Crippen LogP contribution in [0.15, 0.2) is 36.4 Å². The number of benzene rings is 1. The minimum Gasteiger partial charge on any atom is -0.485 e. The molecule has 2 aromatic rings. The lowest BCUT2D eigenvalue weighted by atomic mass is 10.2. The zero-order chi connectivity index (χ0) is 22.7. The molecule has 1 aromatic heterocycles. The van der Waals surface area contributed by atoms with Gasteiger partial charge in [-0.05, 0) is 30.7 Å². The molecule has 1 saturated heterocycles. The number of fused-ring (bicyclic) bond motifs is 1. The van der Waals surface area contributed by atoms with E-state index in [4.69, 9.17) is 9.47 Å². The van der Waals surface area contributed by atoms with Crippen molar-refractivity contribution in [2.75, 3.05) is 45.6 Å². The van der Waals surface area contributed by atoms with Gasteiger partial charge in [0, 0.05) is 37.6 Å². The van der Waals surface area contributed by atoms with Crippen molar-refractivity contribution in [2.45, 2.75) is 12.5 Å². The van der Waals surface area contributed by atoms with Gasteiger partial charge in [-0.1, -0.05) is 12.1 Å². The first-order valence-corrected chi connectivity index (χ1v) is 13.0. The highest BCUT2D eigenvalue weighted by Gasteiger charge is 2.33. The molecule has 3 heterocycles. The Labute approximate surface area is 191 Å². The summed E-state index contributed by atoms with van der Waals surface area (Å²) in [6.45, 7) is 2.22. The lowest BCUT2D eigenvalue weighted by Crippen LogP contribution is -2.55. The standard InChI is InChI=1S/C21H25N3O6S2/c1-32(27,28)22-9-8-15-6-7-19(31-15)21(26)24-12-10-23(11-13-24)20(25)18-14-29-16-4-2-3-5-17(16)30-18/h2-7,18,22H,8-14H2,1H3/t18-/m0/s1. The molecule has 1 fully saturated rings. The summed E-state index contributed by atoms with van der Waals surface area (Å²) in [6.07, 6.45) is 0.958. The molecule has 11 heteroatoms. The Balaban J connectivity index is 1.27. The fourth-order valence-corrected chi connectivity index (χ4v) is 5.07. The number of nitrogens with one attached hydrogen (secondary N) is 1. The Kier molecular flexibility index (Phi) is 6.68. The van der Waals surface area contributed by atoms with Crippen molar-refractivity contribution in [3.8, 4) is 11.5 Å². The van der Waals surface area contributed by atoms with E-state index in [9.17, 15) is 18.0 Å². The Morgan fingerprint density at radius 3 is 2.47 bits per heavy atom. The molecule has 0 saturated carbocycles. The Morgan fingerprint density at radius 1 is 1.06 bits per heavy atom. The van der Waals surface area contributed by atoms with Gasteiger partial charge in [-0.3, -0.25) is 9.59 Å². The van der Waals surface area contributed by atoms with E-state index >= 15 is 0 Å². The zero-order valence-electron chi connectivity index (χ0n) is 17.7. The maximum absolute atomic E-state index is 12.9. The Bertz CT molecular complexity index is 1090. The molecule has 0 radical (unpaired) electrons. The topological polar surface area (TPSA) is 105 Å². The molecule has 0 spiro atoms. The number of piperazine rings is 1. The van der Waals surface area contributed by atoms with Gasteiger partial charge < -0.3 is 19.3 Å². The molecule has 0 bridgehead atoms. The second-order valence-corrected chi connectivity index (χ2v) is 10.7. The first-order chi connectivity index (χ1) is 15.3. The second kappa shape index (κ2) is 9.47. The lowest BCUT2D eigenvalue weighted by Gasteiger charge is -2.37. The number of sulfonamides is 1. The number of hydrogen-bond donors (Lipinski definition) is 1. The van der Waals surface area contributed by atoms with Crippen LogP contribution in [-0.2, 0) is 21.2 Å². The van der Waals surface area contributed by atoms with Crippen LogP contribution >= 0.6 is 11.3 Å². The summed E-state index contributed by atoms with van der Waals surface area (Å²) >= 11 is 1.37. The molecule has 1 aromatic carbocycles. The average Bonchev–Trinajstić information content (AvgIpc) is 3.26. The molecule has 2 amide bonds. The molecule has 9 nitrogen and oxygen atoms in total. The summed E-state index contributed by atoms with van der Waals surface area (Å²) in [7, 11) is -3.23. The summed E-state index contributed by atoms with van der Waals surface area (Å²) in [5.74, 6) is 0.986. The number of ether oxygens (including phenoxy) is 2. The van der Waals surface area contributed by atoms with E-state index in [0.717, 1.165) is 11.1 Å². The van der Waals surface area contributed by atoms with E-state index in [1.165, 1.54) is 11.3 Å². The molecule has 32 heavy (non-hydrogen) atoms. The van der Waals surface area contributed by atoms with Gasteiger partial charge in [-0.2, -0.15) is 0 Å². The van der Waals surface area contributed by atoms with Crippen LogP contribution in [0.1, 0.15) is 14.5 Å². The van der Waals surface area contributed by atoms with Crippen LogP contribution in [0.2, 0.25) is 0 Å². The summed E-state index contributed by atoms with van der Waals surface area (Å²) < 4.78 is 36.2. The predicted octanol–water partition coefficient (Wildman–Crippen LogP) is 0.964. The third-order valence-corrected chi connectivity index (χ3v) is 7.13. The lowest BCUT2D eigenvalue weighted by molar-refractivity contribution is -0.142. The van der Waals surface area contributed by atoms with Gasteiger partial charge in [0.05, 0.1) is 11.1 Å². The number of rotatable bonds is 6. The monoisotopic (exact) mass is 479 g/mol. The van der Waals surface area contributed by atoms with Gasteiger partial charge in [0.15, 0.2) is 11.5 Å². The van der Waals surface area contributed by atoms with Gasteiger partial charge in [0.25, 0.3) is 11.8 Å². The van der Waals surface area contributed by atoms with Gasteiger partial charge in [-0.15, -0.1) is 11.3 Å². The van der Waals surface area contributed by atoms with Crippen molar-refractivity contribution in [3.63, 3.8) is 0 Å². The minimum atomic E-state index is -3.23. The van der Waals surface area contributed by atoms with Gasteiger partial charge in [0.2, 0.25) is 16.1 Å². The summed E-state index contributed by atoms with van der Waals surface area (Å²) in [4.78, 5) is 30.7. The first-order valence-electron chi connectivity index (χ1n) is 10.3. The van der Waals surface area contributed by atoms with Crippen molar-refractivity contribution in [1.29, 1.82) is 0 Å². The summed E-state index contributed by atoms with van der Waals surface area (Å²) in [5.41, 5.74) is 0. The number of para-hydroxylation sites is 2. The summed E-state index contributed by atoms with van der Waals surface area (Å²) in [5, 5.41) is 0. The van der Waals surface area contributed by atoms with E-state index in [-0.39, 0.29) is 18.4 Å². The Hall–Kier alpha value is -2.63. The minimum absolute atomic E-state index is 0.0735. The van der Waals surface area contributed by atoms with Gasteiger partial charge in [0.1, 0.15) is 6.61 Å². The van der Waals surface area contributed by atoms with Gasteiger partial charge >= 0.3 is 0 Å². The number of hydrogen-bond acceptors (Lipinski definition) is 7. The smallest absolute Gasteiger partial charge is 0.267 e. The average molecular weight is 480 g/mol. The quantitative estimate of drug-likeness (QED) is 0.662. The number of carbonyl (C=O) groups excluding carboxylic acids is 2. The maximum Gasteiger partial charge on any atom is 0.267 e. The highest BCUT2D eigenvalue weighted by molar-refractivity contribution is 7.88. The SMILES string of the molecule is CS(=O)(=O)NCCc1ccc(C(=O)N2CCN(C(=O)[C@@H]3COc4ccccc4O3)CC2)s1. The van der Waals surface area contributed by atoms with E-state index in [1.54, 1.807) is 28.0 Å². The van der Waals surface area contributed by atoms with Crippen LogP contribution in [0.3, 0.4) is 0 Å². The zero-order valence-corrected chi connectivity index (χ0v) is 19.3. The third-order valence-electron chi connectivity index (χ3n) is 5.27. The van der Waals surface area contributed by atoms with E-state index in [0.29, 0.717) is 55.5 Å². The van der Waals surface area contributed by atoms with Crippen LogP contribution in [0, 0.1) is 0 Å². The molecule has 172 valence electrons. The van der Waals surface area contributed by atoms with E-state index in [1.807, 2.05) is 18.2 Å². The molecule has 2 aliphatic heterocycles. The highest BCUT2D eigenvalue weighted by Crippen LogP contribution is 2.31. The van der Waals surface area contributed by atoms with Crippen molar-refractivity contribution in [3.05, 3.63) is 46.2 Å². The maximum atomic E-state index is 12.9. The number of thiophene rings is 1.